The Morgan fingerprint density at radius 1 is 1.18 bits per heavy atom. The number of amides is 1. The first-order valence-corrected chi connectivity index (χ1v) is 10.3. The Bertz CT molecular complexity index is 990. The van der Waals surface area contributed by atoms with Crippen molar-refractivity contribution in [3.8, 4) is 5.75 Å². The van der Waals surface area contributed by atoms with Crippen LogP contribution >= 0.6 is 0 Å². The van der Waals surface area contributed by atoms with Crippen LogP contribution in [0.1, 0.15) is 67.6 Å². The van der Waals surface area contributed by atoms with Gasteiger partial charge >= 0.3 is 24.0 Å². The molecule has 182 valence electrons. The summed E-state index contributed by atoms with van der Waals surface area (Å²) >= 11 is 0. The van der Waals surface area contributed by atoms with Crippen molar-refractivity contribution < 1.29 is 41.8 Å². The second kappa shape index (κ2) is 9.84. The number of methoxy groups -OCH3 is 1. The molecule has 0 unspecified atom stereocenters. The van der Waals surface area contributed by atoms with Gasteiger partial charge in [-0.1, -0.05) is 11.6 Å². The molecule has 2 rings (SSSR count). The van der Waals surface area contributed by atoms with Crippen molar-refractivity contribution in [2.75, 3.05) is 12.4 Å². The molecule has 1 aliphatic rings. The number of ether oxygens (including phenoxy) is 3. The van der Waals surface area contributed by atoms with Crippen LogP contribution in [0.3, 0.4) is 0 Å². The molecule has 1 aliphatic heterocycles. The first-order valence-electron chi connectivity index (χ1n) is 10.3. The maximum atomic E-state index is 13.0. The number of alkyl halides is 3. The second-order valence-corrected chi connectivity index (χ2v) is 8.73. The van der Waals surface area contributed by atoms with Gasteiger partial charge in [0.15, 0.2) is 0 Å². The van der Waals surface area contributed by atoms with Gasteiger partial charge in [0, 0.05) is 17.5 Å². The lowest BCUT2D eigenvalue weighted by Crippen LogP contribution is -2.31. The number of nitrogens with one attached hydrogen (secondary N) is 1. The molecule has 0 aromatic heterocycles. The average Bonchev–Trinajstić information content (AvgIpc) is 3.06. The van der Waals surface area contributed by atoms with E-state index in [9.17, 15) is 27.6 Å². The van der Waals surface area contributed by atoms with Gasteiger partial charge in [-0.3, -0.25) is 9.59 Å². The Kier molecular flexibility index (Phi) is 7.82. The Morgan fingerprint density at radius 2 is 1.82 bits per heavy atom. The van der Waals surface area contributed by atoms with Crippen LogP contribution in [0.5, 0.6) is 5.75 Å². The van der Waals surface area contributed by atoms with Gasteiger partial charge in [-0.25, -0.2) is 4.79 Å². The molecule has 1 N–H and O–H groups in total. The van der Waals surface area contributed by atoms with Crippen LogP contribution in [-0.4, -0.2) is 36.7 Å². The molecule has 0 spiro atoms. The first kappa shape index (κ1) is 26.2. The third-order valence-electron chi connectivity index (χ3n) is 4.97. The third-order valence-corrected chi connectivity index (χ3v) is 4.97. The van der Waals surface area contributed by atoms with Crippen LogP contribution in [0.4, 0.5) is 18.9 Å². The standard InChI is InChI=1S/C23H28F3NO6/c1-12(8-10-16(28)33-22(3,4)5)7-9-14-18(27-21(30)23(24,25)26)17-15(11-32-20(17)29)13(2)19(14)31-6/h7H,8-11H2,1-6H3,(H,27,30). The van der Waals surface area contributed by atoms with Crippen molar-refractivity contribution in [1.82, 2.24) is 0 Å². The number of carbonyl (C=O) groups excluding carboxylic acids is 3. The van der Waals surface area contributed by atoms with Gasteiger partial charge in [0.25, 0.3) is 0 Å². The van der Waals surface area contributed by atoms with Crippen molar-refractivity contribution in [2.45, 2.75) is 72.3 Å². The molecule has 0 saturated carbocycles. The number of rotatable bonds is 7. The molecule has 10 heteroatoms. The molecule has 0 saturated heterocycles. The van der Waals surface area contributed by atoms with Crippen molar-refractivity contribution in [3.63, 3.8) is 0 Å². The maximum absolute atomic E-state index is 13.0. The summed E-state index contributed by atoms with van der Waals surface area (Å²) in [6.07, 6.45) is -2.89. The molecule has 0 bridgehead atoms. The summed E-state index contributed by atoms with van der Waals surface area (Å²) in [5.41, 5.74) is 0.888. The van der Waals surface area contributed by atoms with Crippen LogP contribution in [0.25, 0.3) is 0 Å². The van der Waals surface area contributed by atoms with Gasteiger partial charge in [0.1, 0.15) is 18.0 Å². The summed E-state index contributed by atoms with van der Waals surface area (Å²) in [6.45, 7) is 8.58. The number of hydrogen-bond acceptors (Lipinski definition) is 6. The molecule has 0 radical (unpaired) electrons. The summed E-state index contributed by atoms with van der Waals surface area (Å²) in [7, 11) is 1.35. The fraction of sp³-hybridized carbons (Fsp3) is 0.522. The van der Waals surface area contributed by atoms with Gasteiger partial charge in [-0.2, -0.15) is 13.2 Å². The SMILES string of the molecule is COc1c(C)c2c(c(NC(=O)C(F)(F)F)c1CC=C(C)CCC(=O)OC(C)(C)C)C(=O)OC2. The lowest BCUT2D eigenvalue weighted by atomic mass is 9.93. The van der Waals surface area contributed by atoms with E-state index in [0.717, 1.165) is 5.57 Å². The molecule has 1 amide bonds. The largest absolute Gasteiger partial charge is 0.496 e. The highest BCUT2D eigenvalue weighted by atomic mass is 19.4. The zero-order chi connectivity index (χ0) is 25.1. The van der Waals surface area contributed by atoms with Gasteiger partial charge in [-0.15, -0.1) is 0 Å². The predicted molar refractivity (Wildman–Crippen MR) is 114 cm³/mol. The van der Waals surface area contributed by atoms with Crippen molar-refractivity contribution in [2.24, 2.45) is 0 Å². The van der Waals surface area contributed by atoms with E-state index in [4.69, 9.17) is 14.2 Å². The van der Waals surface area contributed by atoms with Crippen molar-refractivity contribution in [3.05, 3.63) is 33.9 Å². The zero-order valence-corrected chi connectivity index (χ0v) is 19.5. The quantitative estimate of drug-likeness (QED) is 0.454. The minimum absolute atomic E-state index is 0.0538. The number of esters is 2. The summed E-state index contributed by atoms with van der Waals surface area (Å²) < 4.78 is 54.6. The number of hydrogen-bond donors (Lipinski definition) is 1. The Labute approximate surface area is 190 Å². The fourth-order valence-corrected chi connectivity index (χ4v) is 3.45. The molecule has 33 heavy (non-hydrogen) atoms. The van der Waals surface area contributed by atoms with Crippen molar-refractivity contribution >= 4 is 23.5 Å². The lowest BCUT2D eigenvalue weighted by Gasteiger charge is -2.20. The number of carbonyl (C=O) groups is 3. The Morgan fingerprint density at radius 3 is 2.36 bits per heavy atom. The number of fused-ring (bicyclic) bond motifs is 1. The Hall–Kier alpha value is -3.04. The fourth-order valence-electron chi connectivity index (χ4n) is 3.45. The van der Waals surface area contributed by atoms with E-state index in [2.05, 4.69) is 0 Å². The predicted octanol–water partition coefficient (Wildman–Crippen LogP) is 4.79. The molecular formula is C23H28F3NO6. The first-order chi connectivity index (χ1) is 15.2. The van der Waals surface area contributed by atoms with Gasteiger partial charge in [0.05, 0.1) is 18.4 Å². The zero-order valence-electron chi connectivity index (χ0n) is 19.5. The van der Waals surface area contributed by atoms with E-state index in [1.165, 1.54) is 7.11 Å². The third kappa shape index (κ3) is 6.49. The van der Waals surface area contributed by atoms with Crippen LogP contribution in [0.2, 0.25) is 0 Å². The summed E-state index contributed by atoms with van der Waals surface area (Å²) in [5.74, 6) is -3.15. The second-order valence-electron chi connectivity index (χ2n) is 8.73. The lowest BCUT2D eigenvalue weighted by molar-refractivity contribution is -0.167. The number of halogens is 3. The van der Waals surface area contributed by atoms with Crippen LogP contribution in [0.15, 0.2) is 11.6 Å². The average molecular weight is 471 g/mol. The minimum Gasteiger partial charge on any atom is -0.496 e. The maximum Gasteiger partial charge on any atom is 0.471 e. The van der Waals surface area contributed by atoms with E-state index >= 15 is 0 Å². The molecule has 1 aromatic carbocycles. The highest BCUT2D eigenvalue weighted by Crippen LogP contribution is 2.42. The number of anilines is 1. The van der Waals surface area contributed by atoms with Crippen molar-refractivity contribution in [1.29, 1.82) is 0 Å². The molecular weight excluding hydrogens is 443 g/mol. The number of cyclic esters (lactones) is 1. The summed E-state index contributed by atoms with van der Waals surface area (Å²) in [4.78, 5) is 35.9. The molecule has 7 nitrogen and oxygen atoms in total. The topological polar surface area (TPSA) is 90.9 Å². The highest BCUT2D eigenvalue weighted by molar-refractivity contribution is 6.07. The normalized spacial score (nSPS) is 14.0. The van der Waals surface area contributed by atoms with Gasteiger partial charge in [-0.05, 0) is 53.0 Å². The smallest absolute Gasteiger partial charge is 0.471 e. The summed E-state index contributed by atoms with van der Waals surface area (Å²) in [5, 5.41) is 1.83. The number of allylic oxidation sites excluding steroid dienone is 2. The Balaban J connectivity index is 2.40. The highest BCUT2D eigenvalue weighted by Gasteiger charge is 2.41. The van der Waals surface area contributed by atoms with E-state index in [1.807, 2.05) is 5.32 Å². The van der Waals surface area contributed by atoms with E-state index < -0.39 is 23.7 Å². The monoisotopic (exact) mass is 471 g/mol. The minimum atomic E-state index is -5.15. The van der Waals surface area contributed by atoms with Gasteiger partial charge < -0.3 is 19.5 Å². The van der Waals surface area contributed by atoms with Gasteiger partial charge in [0.2, 0.25) is 0 Å². The van der Waals surface area contributed by atoms with E-state index in [1.54, 1.807) is 40.7 Å². The van der Waals surface area contributed by atoms with E-state index in [-0.39, 0.29) is 48.0 Å². The molecule has 0 aliphatic carbocycles. The van der Waals surface area contributed by atoms with E-state index in [0.29, 0.717) is 17.5 Å². The van der Waals surface area contributed by atoms with Crippen LogP contribution < -0.4 is 10.1 Å². The number of benzene rings is 1. The molecule has 1 aromatic rings. The molecule has 0 fully saturated rings. The van der Waals surface area contributed by atoms with Crippen LogP contribution in [0, 0.1) is 6.92 Å². The molecule has 1 heterocycles. The molecule has 0 atom stereocenters. The van der Waals surface area contributed by atoms with Crippen LogP contribution in [-0.2, 0) is 32.1 Å². The summed E-state index contributed by atoms with van der Waals surface area (Å²) in [6, 6.07) is 0.